The minimum Gasteiger partial charge on any atom is -0.480 e. The van der Waals surface area contributed by atoms with Crippen LogP contribution in [0.2, 0.25) is 0 Å². The molecule has 114 valence electrons. The van der Waals surface area contributed by atoms with Crippen molar-refractivity contribution in [3.8, 4) is 0 Å². The lowest BCUT2D eigenvalue weighted by Crippen LogP contribution is -2.55. The molecule has 0 aromatic rings. The molecule has 7 nitrogen and oxygen atoms in total. The number of methoxy groups -OCH3 is 1. The normalized spacial score (nSPS) is 23.9. The van der Waals surface area contributed by atoms with Gasteiger partial charge in [-0.05, 0) is 6.92 Å². The van der Waals surface area contributed by atoms with Gasteiger partial charge in [0.1, 0.15) is 6.04 Å². The van der Waals surface area contributed by atoms with Crippen molar-refractivity contribution in [1.29, 1.82) is 0 Å². The number of rotatable bonds is 4. The summed E-state index contributed by atoms with van der Waals surface area (Å²) in [4.78, 5) is 36.0. The highest BCUT2D eigenvalue weighted by Gasteiger charge is 2.32. The number of urea groups is 1. The van der Waals surface area contributed by atoms with Crippen LogP contribution in [0.25, 0.3) is 0 Å². The molecule has 1 heterocycles. The largest absolute Gasteiger partial charge is 0.480 e. The third kappa shape index (κ3) is 4.29. The summed E-state index contributed by atoms with van der Waals surface area (Å²) in [5.41, 5.74) is 0. The molecule has 0 aliphatic carbocycles. The van der Waals surface area contributed by atoms with E-state index in [0.29, 0.717) is 11.8 Å². The van der Waals surface area contributed by atoms with Crippen LogP contribution in [0.3, 0.4) is 0 Å². The van der Waals surface area contributed by atoms with E-state index < -0.39 is 24.0 Å². The lowest BCUT2D eigenvalue weighted by molar-refractivity contribution is -0.147. The number of carboxylic acid groups (broad SMARTS) is 1. The van der Waals surface area contributed by atoms with Gasteiger partial charge in [0.15, 0.2) is 0 Å². The summed E-state index contributed by atoms with van der Waals surface area (Å²) in [6.45, 7) is 4.51. The van der Waals surface area contributed by atoms with E-state index in [4.69, 9.17) is 5.11 Å². The first-order valence-electron chi connectivity index (χ1n) is 6.35. The predicted molar refractivity (Wildman–Crippen MR) is 74.7 cm³/mol. The maximum absolute atomic E-state index is 12.1. The Hall–Kier alpha value is -1.44. The molecule has 1 aliphatic rings. The Morgan fingerprint density at radius 2 is 2.10 bits per heavy atom. The highest BCUT2D eigenvalue weighted by Crippen LogP contribution is 2.24. The van der Waals surface area contributed by atoms with Gasteiger partial charge in [-0.3, -0.25) is 4.79 Å². The minimum atomic E-state index is -1.27. The van der Waals surface area contributed by atoms with Crippen molar-refractivity contribution in [3.63, 3.8) is 0 Å². The van der Waals surface area contributed by atoms with Crippen LogP contribution in [0, 0.1) is 0 Å². The molecule has 2 unspecified atom stereocenters. The molecule has 1 saturated heterocycles. The van der Waals surface area contributed by atoms with E-state index in [2.05, 4.69) is 10.1 Å². The van der Waals surface area contributed by atoms with Crippen LogP contribution in [0.4, 0.5) is 4.79 Å². The van der Waals surface area contributed by atoms with Gasteiger partial charge in [-0.15, -0.1) is 0 Å². The van der Waals surface area contributed by atoms with Crippen molar-refractivity contribution in [2.75, 3.05) is 19.4 Å². The van der Waals surface area contributed by atoms with Crippen LogP contribution in [-0.2, 0) is 14.3 Å². The first kappa shape index (κ1) is 16.6. The predicted octanol–water partition coefficient (Wildman–Crippen LogP) is 0.538. The molecular formula is C12H20N2O5S. The second-order valence-corrected chi connectivity index (χ2v) is 6.12. The molecular weight excluding hydrogens is 284 g/mol. The number of aliphatic carboxylic acids is 1. The van der Waals surface area contributed by atoms with E-state index in [1.54, 1.807) is 16.7 Å². The quantitative estimate of drug-likeness (QED) is 0.736. The number of carboxylic acids is 1. The zero-order valence-electron chi connectivity index (χ0n) is 11.8. The molecule has 2 N–H and O–H groups in total. The second-order valence-electron chi connectivity index (χ2n) is 4.63. The van der Waals surface area contributed by atoms with E-state index in [-0.39, 0.29) is 12.5 Å². The first-order valence-corrected chi connectivity index (χ1v) is 7.40. The topological polar surface area (TPSA) is 95.9 Å². The monoisotopic (exact) mass is 304 g/mol. The van der Waals surface area contributed by atoms with Crippen molar-refractivity contribution in [2.45, 2.75) is 37.6 Å². The lowest BCUT2D eigenvalue weighted by Gasteiger charge is -2.37. The number of esters is 1. The molecule has 0 aromatic carbocycles. The third-order valence-electron chi connectivity index (χ3n) is 3.34. The maximum atomic E-state index is 12.1. The van der Waals surface area contributed by atoms with Gasteiger partial charge in [-0.1, -0.05) is 6.92 Å². The fourth-order valence-electron chi connectivity index (χ4n) is 1.90. The lowest BCUT2D eigenvalue weighted by atomic mass is 10.2. The van der Waals surface area contributed by atoms with E-state index >= 15 is 0 Å². The molecule has 0 radical (unpaired) electrons. The molecule has 1 aliphatic heterocycles. The summed E-state index contributed by atoms with van der Waals surface area (Å²) in [5.74, 6) is -1.11. The zero-order valence-corrected chi connectivity index (χ0v) is 12.6. The van der Waals surface area contributed by atoms with Gasteiger partial charge in [0.25, 0.3) is 0 Å². The van der Waals surface area contributed by atoms with Crippen LogP contribution in [0.5, 0.6) is 0 Å². The number of nitrogens with one attached hydrogen (secondary N) is 1. The van der Waals surface area contributed by atoms with Crippen molar-refractivity contribution in [3.05, 3.63) is 0 Å². The van der Waals surface area contributed by atoms with E-state index in [0.717, 1.165) is 5.75 Å². The van der Waals surface area contributed by atoms with Gasteiger partial charge < -0.3 is 20.1 Å². The van der Waals surface area contributed by atoms with E-state index in [1.165, 1.54) is 7.11 Å². The van der Waals surface area contributed by atoms with E-state index in [9.17, 15) is 14.4 Å². The highest BCUT2D eigenvalue weighted by atomic mass is 32.2. The number of nitrogens with zero attached hydrogens (tertiary/aromatic N) is 1. The molecule has 1 fully saturated rings. The van der Waals surface area contributed by atoms with Crippen molar-refractivity contribution in [2.24, 2.45) is 0 Å². The van der Waals surface area contributed by atoms with Crippen molar-refractivity contribution in [1.82, 2.24) is 10.2 Å². The second kappa shape index (κ2) is 7.37. The number of amides is 2. The molecule has 0 bridgehead atoms. The van der Waals surface area contributed by atoms with Crippen LogP contribution in [-0.4, -0.2) is 64.7 Å². The highest BCUT2D eigenvalue weighted by molar-refractivity contribution is 8.00. The number of thioether (sulfide) groups is 1. The number of ether oxygens (including phenoxy) is 1. The average Bonchev–Trinajstić information content (AvgIpc) is 2.40. The van der Waals surface area contributed by atoms with Crippen LogP contribution in [0.1, 0.15) is 20.3 Å². The summed E-state index contributed by atoms with van der Waals surface area (Å²) in [6, 6.07) is -1.71. The van der Waals surface area contributed by atoms with E-state index in [1.807, 2.05) is 13.8 Å². The number of hydrogen-bond acceptors (Lipinski definition) is 5. The molecule has 0 spiro atoms. The number of hydrogen-bond donors (Lipinski definition) is 2. The molecule has 0 saturated carbocycles. The Morgan fingerprint density at radius 1 is 1.45 bits per heavy atom. The SMILES string of the molecule is COC(=O)C[C@H](NC(=O)N1CCSC(C)C1C)C(=O)O. The van der Waals surface area contributed by atoms with Crippen LogP contribution >= 0.6 is 11.8 Å². The summed E-state index contributed by atoms with van der Waals surface area (Å²) < 4.78 is 4.43. The van der Waals surface area contributed by atoms with Crippen LogP contribution in [0.15, 0.2) is 0 Å². The smallest absolute Gasteiger partial charge is 0.326 e. The fourth-order valence-corrected chi connectivity index (χ4v) is 3.00. The Balaban J connectivity index is 2.65. The first-order chi connectivity index (χ1) is 9.36. The van der Waals surface area contributed by atoms with Crippen LogP contribution < -0.4 is 5.32 Å². The van der Waals surface area contributed by atoms with Gasteiger partial charge in [0.2, 0.25) is 0 Å². The average molecular weight is 304 g/mol. The molecule has 2 amide bonds. The Kier molecular flexibility index (Phi) is 6.12. The minimum absolute atomic E-state index is 0.0151. The van der Waals surface area contributed by atoms with Gasteiger partial charge >= 0.3 is 18.0 Å². The Labute approximate surface area is 122 Å². The van der Waals surface area contributed by atoms with Gasteiger partial charge in [0.05, 0.1) is 13.5 Å². The third-order valence-corrected chi connectivity index (χ3v) is 4.68. The Morgan fingerprint density at radius 3 is 2.65 bits per heavy atom. The number of carbonyl (C=O) groups excluding carboxylic acids is 2. The fraction of sp³-hybridized carbons (Fsp3) is 0.750. The standard InChI is InChI=1S/C12H20N2O5S/c1-7-8(2)20-5-4-14(7)12(18)13-9(11(16)17)6-10(15)19-3/h7-9H,4-6H2,1-3H3,(H,13,18)(H,16,17)/t7?,8?,9-/m0/s1. The summed E-state index contributed by atoms with van der Waals surface area (Å²) >= 11 is 1.77. The molecule has 0 aromatic heterocycles. The van der Waals surface area contributed by atoms with Gasteiger partial charge in [-0.2, -0.15) is 11.8 Å². The maximum Gasteiger partial charge on any atom is 0.326 e. The summed E-state index contributed by atoms with van der Waals surface area (Å²) in [7, 11) is 1.18. The summed E-state index contributed by atoms with van der Waals surface area (Å²) in [5, 5.41) is 11.7. The molecule has 8 heteroatoms. The Bertz CT molecular complexity index is 390. The zero-order chi connectivity index (χ0) is 15.3. The molecule has 20 heavy (non-hydrogen) atoms. The van der Waals surface area contributed by atoms with Gasteiger partial charge in [0, 0.05) is 23.6 Å². The van der Waals surface area contributed by atoms with Crippen molar-refractivity contribution < 1.29 is 24.2 Å². The molecule has 1 rings (SSSR count). The van der Waals surface area contributed by atoms with Crippen molar-refractivity contribution >= 4 is 29.7 Å². The summed E-state index contributed by atoms with van der Waals surface area (Å²) in [6.07, 6.45) is -0.385. The van der Waals surface area contributed by atoms with Gasteiger partial charge in [-0.25, -0.2) is 9.59 Å². The number of carbonyl (C=O) groups is 3. The molecule has 3 atom stereocenters.